The van der Waals surface area contributed by atoms with E-state index in [0.717, 1.165) is 0 Å². The van der Waals surface area contributed by atoms with Gasteiger partial charge in [-0.1, -0.05) is 12.1 Å². The molecule has 1 aromatic rings. The van der Waals surface area contributed by atoms with Crippen molar-refractivity contribution in [2.75, 3.05) is 0 Å². The van der Waals surface area contributed by atoms with Crippen LogP contribution < -0.4 is 0 Å². The molecule has 0 fully saturated rings. The van der Waals surface area contributed by atoms with Crippen molar-refractivity contribution in [1.82, 2.24) is 0 Å². The lowest BCUT2D eigenvalue weighted by molar-refractivity contribution is -0.108. The van der Waals surface area contributed by atoms with Crippen LogP contribution in [0.25, 0.3) is 0 Å². The number of para-hydroxylation sites is 1. The molecule has 1 N–H and O–H groups in total. The van der Waals surface area contributed by atoms with Crippen molar-refractivity contribution in [3.8, 4) is 5.75 Å². The molecule has 0 atom stereocenters. The van der Waals surface area contributed by atoms with Crippen LogP contribution in [0.2, 0.25) is 0 Å². The average Bonchev–Trinajstić information content (AvgIpc) is 2.08. The van der Waals surface area contributed by atoms with Gasteiger partial charge in [-0.05, 0) is 30.2 Å². The van der Waals surface area contributed by atoms with Gasteiger partial charge in [-0.2, -0.15) is 0 Å². The Morgan fingerprint density at radius 1 is 1.38 bits per heavy atom. The third kappa shape index (κ3) is 1.87. The number of aromatic hydroxyl groups is 1. The molecule has 68 valence electrons. The van der Waals surface area contributed by atoms with Gasteiger partial charge in [-0.15, -0.1) is 0 Å². The van der Waals surface area contributed by atoms with Crippen LogP contribution in [-0.4, -0.2) is 16.1 Å². The summed E-state index contributed by atoms with van der Waals surface area (Å²) in [5, 5.41) is 8.29. The van der Waals surface area contributed by atoms with Gasteiger partial charge in [-0.25, -0.2) is 0 Å². The molecule has 0 aliphatic heterocycles. The maximum Gasteiger partial charge on any atom is 0.293 e. The van der Waals surface area contributed by atoms with Crippen LogP contribution in [0.3, 0.4) is 0 Å². The van der Waals surface area contributed by atoms with Crippen molar-refractivity contribution in [3.05, 3.63) is 29.3 Å². The van der Waals surface area contributed by atoms with Crippen LogP contribution in [0.1, 0.15) is 15.9 Å². The Morgan fingerprint density at radius 3 is 2.54 bits per heavy atom. The molecule has 0 radical (unpaired) electrons. The van der Waals surface area contributed by atoms with Crippen molar-refractivity contribution < 1.29 is 14.7 Å². The Labute approximate surface area is 79.9 Å². The standard InChI is InChI=1S/C9H7ClO3/c1-5-3-2-4-6(7(5)11)8(12)9(10)13/h2-4,11H,1H3. The quantitative estimate of drug-likeness (QED) is 0.447. The lowest BCUT2D eigenvalue weighted by Crippen LogP contribution is -2.07. The second kappa shape index (κ2) is 3.58. The Bertz CT molecular complexity index is 371. The molecule has 0 spiro atoms. The van der Waals surface area contributed by atoms with Crippen LogP contribution in [0.15, 0.2) is 18.2 Å². The predicted molar refractivity (Wildman–Crippen MR) is 48.0 cm³/mol. The molecule has 3 nitrogen and oxygen atoms in total. The highest BCUT2D eigenvalue weighted by atomic mass is 35.5. The number of carbonyl (C=O) groups excluding carboxylic acids is 2. The minimum Gasteiger partial charge on any atom is -0.507 e. The highest BCUT2D eigenvalue weighted by Crippen LogP contribution is 2.22. The van der Waals surface area contributed by atoms with Crippen molar-refractivity contribution in [1.29, 1.82) is 0 Å². The van der Waals surface area contributed by atoms with Gasteiger partial charge >= 0.3 is 0 Å². The topological polar surface area (TPSA) is 54.4 Å². The minimum absolute atomic E-state index is 0.0556. The maximum absolute atomic E-state index is 11.1. The van der Waals surface area contributed by atoms with E-state index in [-0.39, 0.29) is 11.3 Å². The Balaban J connectivity index is 3.23. The van der Waals surface area contributed by atoms with Crippen LogP contribution in [0.4, 0.5) is 0 Å². The lowest BCUT2D eigenvalue weighted by Gasteiger charge is -2.02. The molecule has 1 aromatic carbocycles. The van der Waals surface area contributed by atoms with Crippen molar-refractivity contribution in [2.24, 2.45) is 0 Å². The van der Waals surface area contributed by atoms with E-state index in [0.29, 0.717) is 5.56 Å². The second-order valence-electron chi connectivity index (χ2n) is 2.57. The van der Waals surface area contributed by atoms with E-state index in [1.54, 1.807) is 19.1 Å². The van der Waals surface area contributed by atoms with Crippen LogP contribution in [0, 0.1) is 6.92 Å². The van der Waals surface area contributed by atoms with Crippen molar-refractivity contribution in [3.63, 3.8) is 0 Å². The second-order valence-corrected chi connectivity index (χ2v) is 2.92. The zero-order valence-corrected chi connectivity index (χ0v) is 7.63. The summed E-state index contributed by atoms with van der Waals surface area (Å²) in [4.78, 5) is 21.6. The van der Waals surface area contributed by atoms with Crippen LogP contribution in [0.5, 0.6) is 5.75 Å². The number of phenolic OH excluding ortho intramolecular Hbond substituents is 1. The van der Waals surface area contributed by atoms with E-state index < -0.39 is 11.0 Å². The third-order valence-corrected chi connectivity index (χ3v) is 1.83. The number of carbonyl (C=O) groups is 2. The van der Waals surface area contributed by atoms with Gasteiger partial charge in [0.2, 0.25) is 5.78 Å². The molecular formula is C9H7ClO3. The summed E-state index contributed by atoms with van der Waals surface area (Å²) >= 11 is 4.99. The first-order valence-electron chi connectivity index (χ1n) is 3.56. The first-order valence-corrected chi connectivity index (χ1v) is 3.94. The summed E-state index contributed by atoms with van der Waals surface area (Å²) in [5.74, 6) is -1.08. The van der Waals surface area contributed by atoms with Gasteiger partial charge in [0.05, 0.1) is 5.56 Å². The molecule has 13 heavy (non-hydrogen) atoms. The predicted octanol–water partition coefficient (Wildman–Crippen LogP) is 1.65. The van der Waals surface area contributed by atoms with E-state index in [1.807, 2.05) is 0 Å². The van der Waals surface area contributed by atoms with Crippen molar-refractivity contribution in [2.45, 2.75) is 6.92 Å². The fourth-order valence-electron chi connectivity index (χ4n) is 0.948. The highest BCUT2D eigenvalue weighted by molar-refractivity contribution is 6.83. The minimum atomic E-state index is -1.10. The van der Waals surface area contributed by atoms with Gasteiger partial charge in [0.1, 0.15) is 5.75 Å². The smallest absolute Gasteiger partial charge is 0.293 e. The van der Waals surface area contributed by atoms with E-state index in [9.17, 15) is 14.7 Å². The van der Waals surface area contributed by atoms with Crippen LogP contribution >= 0.6 is 11.6 Å². The largest absolute Gasteiger partial charge is 0.507 e. The zero-order chi connectivity index (χ0) is 10.0. The molecule has 0 aromatic heterocycles. The molecule has 0 amide bonds. The first kappa shape index (κ1) is 9.74. The number of aryl methyl sites for hydroxylation is 1. The number of Topliss-reactive ketones (excluding diaryl/α,β-unsaturated/α-hetero) is 1. The molecule has 0 saturated heterocycles. The van der Waals surface area contributed by atoms with Gasteiger partial charge in [0, 0.05) is 0 Å². The Morgan fingerprint density at radius 2 is 2.00 bits per heavy atom. The fraction of sp³-hybridized carbons (Fsp3) is 0.111. The highest BCUT2D eigenvalue weighted by Gasteiger charge is 2.17. The van der Waals surface area contributed by atoms with Crippen molar-refractivity contribution >= 4 is 22.6 Å². The van der Waals surface area contributed by atoms with E-state index >= 15 is 0 Å². The molecule has 0 unspecified atom stereocenters. The number of phenols is 1. The average molecular weight is 199 g/mol. The number of rotatable bonds is 2. The van der Waals surface area contributed by atoms with Gasteiger partial charge in [-0.3, -0.25) is 9.59 Å². The summed E-state index contributed by atoms with van der Waals surface area (Å²) in [6, 6.07) is 4.55. The maximum atomic E-state index is 11.1. The first-order chi connectivity index (χ1) is 6.04. The van der Waals surface area contributed by atoms with E-state index in [4.69, 9.17) is 11.6 Å². The zero-order valence-electron chi connectivity index (χ0n) is 6.87. The number of hydrogen-bond acceptors (Lipinski definition) is 3. The molecular weight excluding hydrogens is 192 g/mol. The molecule has 0 bridgehead atoms. The molecule has 0 aliphatic rings. The Hall–Kier alpha value is -1.35. The summed E-state index contributed by atoms with van der Waals surface area (Å²) in [7, 11) is 0. The number of halogens is 1. The summed E-state index contributed by atoms with van der Waals surface area (Å²) in [5.41, 5.74) is 0.476. The Kier molecular flexibility index (Phi) is 2.68. The van der Waals surface area contributed by atoms with Crippen LogP contribution in [-0.2, 0) is 4.79 Å². The van der Waals surface area contributed by atoms with E-state index in [2.05, 4.69) is 0 Å². The van der Waals surface area contributed by atoms with E-state index in [1.165, 1.54) is 6.07 Å². The number of ketones is 1. The summed E-state index contributed by atoms with van der Waals surface area (Å²) in [6.45, 7) is 1.63. The molecule has 0 aliphatic carbocycles. The van der Waals surface area contributed by atoms with Gasteiger partial charge in [0.25, 0.3) is 5.24 Å². The SMILES string of the molecule is Cc1cccc(C(=O)C(=O)Cl)c1O. The molecule has 0 heterocycles. The monoisotopic (exact) mass is 198 g/mol. The normalized spacial score (nSPS) is 9.69. The number of benzene rings is 1. The molecule has 1 rings (SSSR count). The summed E-state index contributed by atoms with van der Waals surface area (Å²) in [6.07, 6.45) is 0. The third-order valence-electron chi connectivity index (χ3n) is 1.66. The molecule has 0 saturated carbocycles. The lowest BCUT2D eigenvalue weighted by atomic mass is 10.1. The number of hydrogen-bond donors (Lipinski definition) is 1. The van der Waals surface area contributed by atoms with Gasteiger partial charge in [0.15, 0.2) is 0 Å². The molecule has 4 heteroatoms. The summed E-state index contributed by atoms with van der Waals surface area (Å²) < 4.78 is 0. The van der Waals surface area contributed by atoms with Gasteiger partial charge < -0.3 is 5.11 Å². The fourth-order valence-corrected chi connectivity index (χ4v) is 1.05.